The van der Waals surface area contributed by atoms with Crippen LogP contribution >= 0.6 is 11.8 Å². The fraction of sp³-hybridized carbons (Fsp3) is 0.133. The molecule has 0 spiro atoms. The molecule has 5 nitrogen and oxygen atoms in total. The number of nitro groups is 1. The molecule has 0 aliphatic rings. The van der Waals surface area contributed by atoms with Crippen molar-refractivity contribution in [2.75, 3.05) is 0 Å². The summed E-state index contributed by atoms with van der Waals surface area (Å²) >= 11 is 1.20. The van der Waals surface area contributed by atoms with Crippen LogP contribution in [-0.4, -0.2) is 9.91 Å². The summed E-state index contributed by atoms with van der Waals surface area (Å²) in [4.78, 5) is 14.3. The summed E-state index contributed by atoms with van der Waals surface area (Å²) in [7, 11) is 0. The summed E-state index contributed by atoms with van der Waals surface area (Å²) in [5.74, 6) is 0.368. The molecule has 0 radical (unpaired) electrons. The maximum atomic E-state index is 12.5. The number of alkyl halides is 3. The number of nitro benzene ring substituents is 1. The molecule has 0 aliphatic carbocycles. The van der Waals surface area contributed by atoms with E-state index in [0.717, 1.165) is 12.1 Å². The number of hydrogen-bond acceptors (Lipinski definition) is 5. The minimum absolute atomic E-state index is 0.0879. The van der Waals surface area contributed by atoms with Crippen LogP contribution in [-0.2, 0) is 11.9 Å². The van der Waals surface area contributed by atoms with Crippen molar-refractivity contribution in [1.82, 2.24) is 4.98 Å². The van der Waals surface area contributed by atoms with E-state index in [1.165, 1.54) is 42.1 Å². The predicted molar refractivity (Wildman–Crippen MR) is 81.7 cm³/mol. The standard InChI is InChI=1S/C15H9F3N2O3S/c16-15(17,18)10-3-1-9(2-4-10)8-24-14-19-12-7-11(20(21)22)5-6-13(12)23-14/h1-7H,8H2. The molecule has 3 rings (SSSR count). The lowest BCUT2D eigenvalue weighted by molar-refractivity contribution is -0.384. The summed E-state index contributed by atoms with van der Waals surface area (Å²) in [5, 5.41) is 11.0. The van der Waals surface area contributed by atoms with Gasteiger partial charge >= 0.3 is 6.18 Å². The van der Waals surface area contributed by atoms with Crippen molar-refractivity contribution in [2.24, 2.45) is 0 Å². The zero-order valence-electron chi connectivity index (χ0n) is 11.9. The highest BCUT2D eigenvalue weighted by atomic mass is 32.2. The van der Waals surface area contributed by atoms with Gasteiger partial charge < -0.3 is 4.42 Å². The van der Waals surface area contributed by atoms with Crippen LogP contribution in [0.4, 0.5) is 18.9 Å². The number of fused-ring (bicyclic) bond motifs is 1. The second kappa shape index (κ2) is 6.16. The average molecular weight is 354 g/mol. The average Bonchev–Trinajstić information content (AvgIpc) is 2.94. The Kier molecular flexibility index (Phi) is 4.18. The summed E-state index contributed by atoms with van der Waals surface area (Å²) < 4.78 is 43.0. The monoisotopic (exact) mass is 354 g/mol. The zero-order chi connectivity index (χ0) is 17.3. The molecule has 0 fully saturated rings. The van der Waals surface area contributed by atoms with Gasteiger partial charge in [-0.15, -0.1) is 0 Å². The first kappa shape index (κ1) is 16.3. The van der Waals surface area contributed by atoms with Gasteiger partial charge in [0.2, 0.25) is 0 Å². The summed E-state index contributed by atoms with van der Waals surface area (Å²) in [6.45, 7) is 0. The molecular weight excluding hydrogens is 345 g/mol. The molecule has 1 heterocycles. The van der Waals surface area contributed by atoms with E-state index in [1.54, 1.807) is 0 Å². The van der Waals surface area contributed by atoms with Crippen LogP contribution in [0.2, 0.25) is 0 Å². The van der Waals surface area contributed by atoms with Crippen molar-refractivity contribution in [3.05, 3.63) is 63.7 Å². The Morgan fingerprint density at radius 3 is 2.50 bits per heavy atom. The third kappa shape index (κ3) is 3.51. The predicted octanol–water partition coefficient (Wildman–Crippen LogP) is 5.05. The third-order valence-electron chi connectivity index (χ3n) is 3.21. The first-order valence-electron chi connectivity index (χ1n) is 6.67. The Morgan fingerprint density at radius 1 is 1.17 bits per heavy atom. The molecule has 2 aromatic carbocycles. The minimum atomic E-state index is -4.36. The van der Waals surface area contributed by atoms with Crippen molar-refractivity contribution >= 4 is 28.5 Å². The lowest BCUT2D eigenvalue weighted by atomic mass is 10.1. The van der Waals surface area contributed by atoms with Crippen LogP contribution < -0.4 is 0 Å². The minimum Gasteiger partial charge on any atom is -0.431 e. The van der Waals surface area contributed by atoms with Gasteiger partial charge in [-0.2, -0.15) is 13.2 Å². The Balaban J connectivity index is 1.72. The number of aromatic nitrogens is 1. The van der Waals surface area contributed by atoms with E-state index >= 15 is 0 Å². The molecule has 0 N–H and O–H groups in total. The second-order valence-electron chi connectivity index (χ2n) is 4.87. The highest BCUT2D eigenvalue weighted by molar-refractivity contribution is 7.98. The number of halogens is 3. The van der Waals surface area contributed by atoms with Gasteiger partial charge in [-0.3, -0.25) is 10.1 Å². The van der Waals surface area contributed by atoms with E-state index < -0.39 is 16.7 Å². The van der Waals surface area contributed by atoms with Crippen molar-refractivity contribution in [3.8, 4) is 0 Å². The van der Waals surface area contributed by atoms with Gasteiger partial charge in [0.25, 0.3) is 10.9 Å². The summed E-state index contributed by atoms with van der Waals surface area (Å²) in [5.41, 5.74) is 0.663. The first-order valence-corrected chi connectivity index (χ1v) is 7.65. The molecule has 9 heteroatoms. The fourth-order valence-electron chi connectivity index (χ4n) is 2.01. The number of rotatable bonds is 4. The highest BCUT2D eigenvalue weighted by Crippen LogP contribution is 2.31. The van der Waals surface area contributed by atoms with Crippen molar-refractivity contribution < 1.29 is 22.5 Å². The smallest absolute Gasteiger partial charge is 0.416 e. The largest absolute Gasteiger partial charge is 0.431 e. The molecule has 0 aliphatic heterocycles. The SMILES string of the molecule is O=[N+]([O-])c1ccc2oc(SCc3ccc(C(F)(F)F)cc3)nc2c1. The second-order valence-corrected chi connectivity index (χ2v) is 5.80. The van der Waals surface area contributed by atoms with Crippen LogP contribution in [0.5, 0.6) is 0 Å². The van der Waals surface area contributed by atoms with Crippen molar-refractivity contribution in [1.29, 1.82) is 0 Å². The van der Waals surface area contributed by atoms with E-state index in [2.05, 4.69) is 4.98 Å². The Labute approximate surface area is 137 Å². The third-order valence-corrected chi connectivity index (χ3v) is 4.11. The molecule has 0 saturated carbocycles. The van der Waals surface area contributed by atoms with Crippen LogP contribution in [0.25, 0.3) is 11.1 Å². The molecular formula is C15H9F3N2O3S. The van der Waals surface area contributed by atoms with E-state index in [-0.39, 0.29) is 5.69 Å². The number of oxazole rings is 1. The van der Waals surface area contributed by atoms with Gasteiger partial charge in [-0.25, -0.2) is 4.98 Å². The van der Waals surface area contributed by atoms with Gasteiger partial charge in [0.15, 0.2) is 5.58 Å². The van der Waals surface area contributed by atoms with Crippen LogP contribution in [0, 0.1) is 10.1 Å². The topological polar surface area (TPSA) is 69.2 Å². The Bertz CT molecular complexity index is 891. The van der Waals surface area contributed by atoms with Gasteiger partial charge in [-0.1, -0.05) is 23.9 Å². The van der Waals surface area contributed by atoms with Crippen molar-refractivity contribution in [2.45, 2.75) is 17.2 Å². The lowest BCUT2D eigenvalue weighted by Crippen LogP contribution is -2.04. The Morgan fingerprint density at radius 2 is 1.88 bits per heavy atom. The van der Waals surface area contributed by atoms with Gasteiger partial charge in [0.05, 0.1) is 10.5 Å². The molecule has 1 aromatic heterocycles. The molecule has 3 aromatic rings. The van der Waals surface area contributed by atoms with Crippen LogP contribution in [0.3, 0.4) is 0 Å². The normalized spacial score (nSPS) is 11.8. The zero-order valence-corrected chi connectivity index (χ0v) is 12.7. The quantitative estimate of drug-likeness (QED) is 0.373. The van der Waals surface area contributed by atoms with Crippen molar-refractivity contribution in [3.63, 3.8) is 0 Å². The number of thioether (sulfide) groups is 1. The number of non-ortho nitro benzene ring substituents is 1. The van der Waals surface area contributed by atoms with Gasteiger partial charge in [0.1, 0.15) is 5.52 Å². The lowest BCUT2D eigenvalue weighted by Gasteiger charge is -2.06. The number of hydrogen-bond donors (Lipinski definition) is 0. The molecule has 0 bridgehead atoms. The maximum Gasteiger partial charge on any atom is 0.416 e. The van der Waals surface area contributed by atoms with E-state index in [1.807, 2.05) is 0 Å². The molecule has 0 unspecified atom stereocenters. The van der Waals surface area contributed by atoms with Gasteiger partial charge in [0, 0.05) is 17.9 Å². The van der Waals surface area contributed by atoms with E-state index in [0.29, 0.717) is 27.6 Å². The first-order chi connectivity index (χ1) is 11.3. The van der Waals surface area contributed by atoms with Crippen LogP contribution in [0.1, 0.15) is 11.1 Å². The highest BCUT2D eigenvalue weighted by Gasteiger charge is 2.29. The van der Waals surface area contributed by atoms with E-state index in [4.69, 9.17) is 4.42 Å². The molecule has 24 heavy (non-hydrogen) atoms. The summed E-state index contributed by atoms with van der Waals surface area (Å²) in [6, 6.07) is 8.91. The molecule has 0 amide bonds. The maximum absolute atomic E-state index is 12.5. The molecule has 0 saturated heterocycles. The number of benzene rings is 2. The molecule has 124 valence electrons. The Hall–Kier alpha value is -2.55. The summed E-state index contributed by atoms with van der Waals surface area (Å²) in [6.07, 6.45) is -4.36. The van der Waals surface area contributed by atoms with Gasteiger partial charge in [-0.05, 0) is 23.8 Å². The number of nitrogens with zero attached hydrogens (tertiary/aromatic N) is 2. The fourth-order valence-corrected chi connectivity index (χ4v) is 2.80. The van der Waals surface area contributed by atoms with Crippen LogP contribution in [0.15, 0.2) is 52.1 Å². The molecule has 0 atom stereocenters. The van der Waals surface area contributed by atoms with E-state index in [9.17, 15) is 23.3 Å².